The van der Waals surface area contributed by atoms with Crippen molar-refractivity contribution in [1.29, 1.82) is 0 Å². The Kier molecular flexibility index (Phi) is 6.12. The van der Waals surface area contributed by atoms with Crippen LogP contribution in [0.1, 0.15) is 15.9 Å². The van der Waals surface area contributed by atoms with Crippen LogP contribution in [0.3, 0.4) is 0 Å². The molecule has 0 aromatic heterocycles. The lowest BCUT2D eigenvalue weighted by Crippen LogP contribution is -2.16. The van der Waals surface area contributed by atoms with Crippen molar-refractivity contribution in [1.82, 2.24) is 0 Å². The zero-order chi connectivity index (χ0) is 21.2. The number of hydrogen-bond donors (Lipinski definition) is 2. The molecule has 9 heteroatoms. The second-order valence-corrected chi connectivity index (χ2v) is 8.67. The van der Waals surface area contributed by atoms with Gasteiger partial charge in [-0.25, -0.2) is 12.8 Å². The average molecular weight is 453 g/mol. The van der Waals surface area contributed by atoms with Crippen LogP contribution in [0, 0.1) is 12.7 Å². The minimum atomic E-state index is -4.06. The Labute approximate surface area is 177 Å². The van der Waals surface area contributed by atoms with E-state index in [2.05, 4.69) is 10.0 Å². The summed E-state index contributed by atoms with van der Waals surface area (Å²) in [6.45, 7) is 1.71. The van der Waals surface area contributed by atoms with Gasteiger partial charge in [0.15, 0.2) is 0 Å². The maximum absolute atomic E-state index is 14.5. The summed E-state index contributed by atoms with van der Waals surface area (Å²) in [5.74, 6) is -1.52. The van der Waals surface area contributed by atoms with Crippen LogP contribution >= 0.6 is 23.2 Å². The van der Waals surface area contributed by atoms with Gasteiger partial charge in [-0.05, 0) is 55.0 Å². The molecule has 0 aliphatic rings. The van der Waals surface area contributed by atoms with Gasteiger partial charge in [0.25, 0.3) is 15.9 Å². The molecule has 3 aromatic rings. The number of benzene rings is 3. The Morgan fingerprint density at radius 2 is 1.69 bits per heavy atom. The molecule has 2 N–H and O–H groups in total. The van der Waals surface area contributed by atoms with Gasteiger partial charge in [0.05, 0.1) is 26.9 Å². The first-order valence-electron chi connectivity index (χ1n) is 8.32. The van der Waals surface area contributed by atoms with Gasteiger partial charge in [-0.1, -0.05) is 41.4 Å². The largest absolute Gasteiger partial charge is 0.319 e. The van der Waals surface area contributed by atoms with Crippen molar-refractivity contribution in [2.75, 3.05) is 10.0 Å². The van der Waals surface area contributed by atoms with Crippen LogP contribution in [0.5, 0.6) is 0 Å². The number of amides is 1. The quantitative estimate of drug-likeness (QED) is 0.536. The van der Waals surface area contributed by atoms with E-state index >= 15 is 0 Å². The summed E-state index contributed by atoms with van der Waals surface area (Å²) in [4.78, 5) is 12.0. The lowest BCUT2D eigenvalue weighted by molar-refractivity contribution is 0.102. The molecule has 3 aromatic carbocycles. The topological polar surface area (TPSA) is 75.3 Å². The van der Waals surface area contributed by atoms with Crippen LogP contribution in [-0.2, 0) is 10.0 Å². The molecule has 0 spiro atoms. The van der Waals surface area contributed by atoms with E-state index < -0.39 is 21.7 Å². The van der Waals surface area contributed by atoms with Gasteiger partial charge < -0.3 is 5.32 Å². The van der Waals surface area contributed by atoms with Crippen molar-refractivity contribution < 1.29 is 17.6 Å². The molecule has 0 heterocycles. The predicted molar refractivity (Wildman–Crippen MR) is 113 cm³/mol. The van der Waals surface area contributed by atoms with Crippen molar-refractivity contribution in [2.24, 2.45) is 0 Å². The van der Waals surface area contributed by atoms with Crippen LogP contribution in [0.2, 0.25) is 10.0 Å². The molecular formula is C20H15Cl2FN2O3S. The minimum Gasteiger partial charge on any atom is -0.319 e. The fourth-order valence-electron chi connectivity index (χ4n) is 2.51. The van der Waals surface area contributed by atoms with Crippen molar-refractivity contribution in [3.8, 4) is 0 Å². The summed E-state index contributed by atoms with van der Waals surface area (Å²) >= 11 is 11.9. The number of sulfonamides is 1. The van der Waals surface area contributed by atoms with Crippen LogP contribution in [0.15, 0.2) is 65.6 Å². The molecule has 5 nitrogen and oxygen atoms in total. The van der Waals surface area contributed by atoms with Crippen molar-refractivity contribution in [3.63, 3.8) is 0 Å². The lowest BCUT2D eigenvalue weighted by Gasteiger charge is -2.12. The number of hydrogen-bond acceptors (Lipinski definition) is 3. The van der Waals surface area contributed by atoms with Gasteiger partial charge >= 0.3 is 0 Å². The first-order chi connectivity index (χ1) is 13.7. The van der Waals surface area contributed by atoms with E-state index in [0.717, 1.165) is 6.07 Å². The Hall–Kier alpha value is -2.61. The van der Waals surface area contributed by atoms with Crippen LogP contribution in [-0.4, -0.2) is 14.3 Å². The smallest absolute Gasteiger partial charge is 0.262 e. The number of carbonyl (C=O) groups excluding carboxylic acids is 1. The summed E-state index contributed by atoms with van der Waals surface area (Å²) in [5.41, 5.74) is 0.937. The molecule has 1 amide bonds. The van der Waals surface area contributed by atoms with E-state index in [0.29, 0.717) is 10.6 Å². The highest BCUT2D eigenvalue weighted by Crippen LogP contribution is 2.26. The first-order valence-corrected chi connectivity index (χ1v) is 10.6. The molecule has 0 saturated heterocycles. The van der Waals surface area contributed by atoms with Gasteiger partial charge in [0, 0.05) is 5.02 Å². The second kappa shape index (κ2) is 8.41. The number of nitrogens with one attached hydrogen (secondary N) is 2. The lowest BCUT2D eigenvalue weighted by atomic mass is 10.2. The molecular weight excluding hydrogens is 438 g/mol. The van der Waals surface area contributed by atoms with E-state index in [1.807, 2.05) is 0 Å². The normalized spacial score (nSPS) is 11.2. The number of aryl methyl sites for hydroxylation is 1. The maximum Gasteiger partial charge on any atom is 0.262 e. The summed E-state index contributed by atoms with van der Waals surface area (Å²) < 4.78 is 42.0. The van der Waals surface area contributed by atoms with E-state index in [4.69, 9.17) is 23.2 Å². The second-order valence-electron chi connectivity index (χ2n) is 6.14. The third-order valence-corrected chi connectivity index (χ3v) is 5.99. The molecule has 0 bridgehead atoms. The van der Waals surface area contributed by atoms with Crippen LogP contribution in [0.4, 0.5) is 15.8 Å². The highest BCUT2D eigenvalue weighted by Gasteiger charge is 2.19. The zero-order valence-electron chi connectivity index (χ0n) is 15.0. The zero-order valence-corrected chi connectivity index (χ0v) is 17.4. The van der Waals surface area contributed by atoms with E-state index in [9.17, 15) is 17.6 Å². The molecule has 29 heavy (non-hydrogen) atoms. The van der Waals surface area contributed by atoms with Gasteiger partial charge in [-0.2, -0.15) is 0 Å². The van der Waals surface area contributed by atoms with E-state index in [-0.39, 0.29) is 26.9 Å². The van der Waals surface area contributed by atoms with Crippen molar-refractivity contribution in [3.05, 3.63) is 87.7 Å². The monoisotopic (exact) mass is 452 g/mol. The number of halogens is 3. The summed E-state index contributed by atoms with van der Waals surface area (Å²) in [5, 5.41) is 2.95. The first kappa shape index (κ1) is 21.1. The molecule has 0 unspecified atom stereocenters. The van der Waals surface area contributed by atoms with E-state index in [1.165, 1.54) is 30.3 Å². The molecule has 150 valence electrons. The van der Waals surface area contributed by atoms with Crippen LogP contribution < -0.4 is 10.0 Å². The molecule has 0 aliphatic carbocycles. The van der Waals surface area contributed by atoms with Gasteiger partial charge in [-0.3, -0.25) is 9.52 Å². The van der Waals surface area contributed by atoms with Gasteiger partial charge in [0.2, 0.25) is 0 Å². The van der Waals surface area contributed by atoms with E-state index in [1.54, 1.807) is 31.2 Å². The SMILES string of the molecule is Cc1ccc(Cl)cc1NS(=O)(=O)c1ccc(NC(=O)c2ccccc2Cl)c(F)c1. The standard InChI is InChI=1S/C20H15Cl2FN2O3S/c1-12-6-7-13(21)10-19(12)25-29(27,28)14-8-9-18(17(23)11-14)24-20(26)15-4-2-3-5-16(15)22/h2-11,25H,1H3,(H,24,26). The van der Waals surface area contributed by atoms with Crippen molar-refractivity contribution in [2.45, 2.75) is 11.8 Å². The Morgan fingerprint density at radius 1 is 0.966 bits per heavy atom. The highest BCUT2D eigenvalue weighted by atomic mass is 35.5. The Morgan fingerprint density at radius 3 is 2.38 bits per heavy atom. The third kappa shape index (κ3) is 4.87. The molecule has 3 rings (SSSR count). The van der Waals surface area contributed by atoms with Crippen molar-refractivity contribution >= 4 is 50.5 Å². The average Bonchev–Trinajstić information content (AvgIpc) is 2.66. The summed E-state index contributed by atoms with van der Waals surface area (Å²) in [6, 6.07) is 14.2. The summed E-state index contributed by atoms with van der Waals surface area (Å²) in [6.07, 6.45) is 0. The fraction of sp³-hybridized carbons (Fsp3) is 0.0500. The molecule has 0 saturated carbocycles. The van der Waals surface area contributed by atoms with Gasteiger partial charge in [-0.15, -0.1) is 0 Å². The van der Waals surface area contributed by atoms with Crippen LogP contribution in [0.25, 0.3) is 0 Å². The Balaban J connectivity index is 1.84. The molecule has 0 atom stereocenters. The highest BCUT2D eigenvalue weighted by molar-refractivity contribution is 7.92. The number of anilines is 2. The Bertz CT molecular complexity index is 1200. The maximum atomic E-state index is 14.5. The summed E-state index contributed by atoms with van der Waals surface area (Å²) in [7, 11) is -4.06. The number of carbonyl (C=O) groups is 1. The number of rotatable bonds is 5. The van der Waals surface area contributed by atoms with Gasteiger partial charge in [0.1, 0.15) is 5.82 Å². The predicted octanol–water partition coefficient (Wildman–Crippen LogP) is 5.49. The fourth-order valence-corrected chi connectivity index (χ4v) is 4.03. The molecule has 0 radical (unpaired) electrons. The molecule has 0 fully saturated rings. The third-order valence-electron chi connectivity index (χ3n) is 4.06. The molecule has 0 aliphatic heterocycles. The minimum absolute atomic E-state index is 0.170.